The normalized spacial score (nSPS) is 11.2. The van der Waals surface area contributed by atoms with E-state index in [4.69, 9.17) is 4.74 Å². The number of carbonyl (C=O) groups is 1. The van der Waals surface area contributed by atoms with Gasteiger partial charge in [0.25, 0.3) is 0 Å². The molecule has 1 aromatic heterocycles. The fourth-order valence-corrected chi connectivity index (χ4v) is 1.15. The van der Waals surface area contributed by atoms with Crippen LogP contribution in [-0.4, -0.2) is 21.5 Å². The van der Waals surface area contributed by atoms with Crippen molar-refractivity contribution in [1.82, 2.24) is 9.97 Å². The van der Waals surface area contributed by atoms with Gasteiger partial charge in [-0.15, -0.1) is 0 Å². The minimum Gasteiger partial charge on any atom is -0.455 e. The zero-order valence-electron chi connectivity index (χ0n) is 8.95. The van der Waals surface area contributed by atoms with Crippen LogP contribution in [0.3, 0.4) is 0 Å². The highest BCUT2D eigenvalue weighted by Gasteiger charge is 2.18. The van der Waals surface area contributed by atoms with Gasteiger partial charge in [-0.25, -0.2) is 9.78 Å². The molecule has 0 radical (unpaired) electrons. The molecule has 82 valence electrons. The maximum Gasteiger partial charge on any atom is 0.359 e. The minimum atomic E-state index is -0.507. The first-order valence-corrected chi connectivity index (χ1v) is 5.65. The molecule has 0 N–H and O–H groups in total. The zero-order chi connectivity index (χ0) is 11.5. The van der Waals surface area contributed by atoms with Gasteiger partial charge in [-0.3, -0.25) is 4.98 Å². The molecule has 0 amide bonds. The molecule has 0 aliphatic rings. The first-order valence-electron chi connectivity index (χ1n) is 4.52. The maximum atomic E-state index is 11.5. The van der Waals surface area contributed by atoms with Crippen LogP contribution in [0, 0.1) is 0 Å². The van der Waals surface area contributed by atoms with Crippen molar-refractivity contribution in [3.8, 4) is 0 Å². The second-order valence-corrected chi connectivity index (χ2v) is 4.59. The van der Waals surface area contributed by atoms with Crippen LogP contribution in [-0.2, 0) is 10.1 Å². The summed E-state index contributed by atoms with van der Waals surface area (Å²) in [5.74, 6) is -0.448. The van der Waals surface area contributed by atoms with E-state index in [1.165, 1.54) is 6.20 Å². The number of hydrogen-bond donors (Lipinski definition) is 0. The molecule has 1 heterocycles. The molecule has 0 saturated heterocycles. The highest BCUT2D eigenvalue weighted by molar-refractivity contribution is 9.08. The lowest BCUT2D eigenvalue weighted by molar-refractivity contribution is 0.00623. The van der Waals surface area contributed by atoms with Crippen LogP contribution in [0.5, 0.6) is 0 Å². The Labute approximate surface area is 97.2 Å². The summed E-state index contributed by atoms with van der Waals surface area (Å²) in [5.41, 5.74) is 0.504. The highest BCUT2D eigenvalue weighted by Crippen LogP contribution is 2.10. The molecule has 0 aliphatic carbocycles. The Hall–Kier alpha value is -0.970. The third-order valence-corrected chi connectivity index (χ3v) is 2.02. The topological polar surface area (TPSA) is 52.1 Å². The van der Waals surface area contributed by atoms with Crippen LogP contribution in [0.25, 0.3) is 0 Å². The summed E-state index contributed by atoms with van der Waals surface area (Å²) in [6.07, 6.45) is 2.97. The standard InChI is InChI=1S/C10H13BrN2O2/c1-10(2,3)15-9(14)8-6-12-7(4-11)5-13-8/h5-6H,4H2,1-3H3. The van der Waals surface area contributed by atoms with E-state index in [-0.39, 0.29) is 5.69 Å². The second kappa shape index (κ2) is 4.70. The van der Waals surface area contributed by atoms with Gasteiger partial charge in [0.1, 0.15) is 5.60 Å². The van der Waals surface area contributed by atoms with Gasteiger partial charge < -0.3 is 4.74 Å². The van der Waals surface area contributed by atoms with E-state index in [2.05, 4.69) is 25.9 Å². The predicted molar refractivity (Wildman–Crippen MR) is 59.8 cm³/mol. The molecule has 0 atom stereocenters. The molecule has 0 saturated carbocycles. The lowest BCUT2D eigenvalue weighted by atomic mass is 10.2. The van der Waals surface area contributed by atoms with Gasteiger partial charge in [-0.05, 0) is 20.8 Å². The molecule has 0 fully saturated rings. The lowest BCUT2D eigenvalue weighted by Gasteiger charge is -2.18. The third kappa shape index (κ3) is 3.95. The van der Waals surface area contributed by atoms with E-state index in [0.29, 0.717) is 5.33 Å². The van der Waals surface area contributed by atoms with Crippen molar-refractivity contribution in [2.45, 2.75) is 31.7 Å². The smallest absolute Gasteiger partial charge is 0.359 e. The van der Waals surface area contributed by atoms with Gasteiger partial charge in [0.2, 0.25) is 0 Å². The summed E-state index contributed by atoms with van der Waals surface area (Å²) < 4.78 is 5.14. The van der Waals surface area contributed by atoms with E-state index in [1.54, 1.807) is 6.20 Å². The molecule has 0 aliphatic heterocycles. The number of halogens is 1. The number of nitrogens with zero attached hydrogens (tertiary/aromatic N) is 2. The Bertz CT molecular complexity index is 343. The van der Waals surface area contributed by atoms with E-state index < -0.39 is 11.6 Å². The van der Waals surface area contributed by atoms with Crippen molar-refractivity contribution >= 4 is 21.9 Å². The van der Waals surface area contributed by atoms with Gasteiger partial charge in [-0.2, -0.15) is 0 Å². The van der Waals surface area contributed by atoms with Crippen molar-refractivity contribution in [1.29, 1.82) is 0 Å². The zero-order valence-corrected chi connectivity index (χ0v) is 10.5. The number of esters is 1. The van der Waals surface area contributed by atoms with E-state index in [0.717, 1.165) is 5.69 Å². The van der Waals surface area contributed by atoms with Gasteiger partial charge in [0.15, 0.2) is 5.69 Å². The predicted octanol–water partition coefficient (Wildman–Crippen LogP) is 2.33. The summed E-state index contributed by atoms with van der Waals surface area (Å²) in [6, 6.07) is 0. The monoisotopic (exact) mass is 272 g/mol. The number of carbonyl (C=O) groups excluding carboxylic acids is 1. The van der Waals surface area contributed by atoms with Gasteiger partial charge in [-0.1, -0.05) is 15.9 Å². The Morgan fingerprint density at radius 2 is 2.07 bits per heavy atom. The highest BCUT2D eigenvalue weighted by atomic mass is 79.9. The van der Waals surface area contributed by atoms with Crippen LogP contribution < -0.4 is 0 Å². The Kier molecular flexibility index (Phi) is 3.79. The molecule has 0 spiro atoms. The average molecular weight is 273 g/mol. The molecule has 0 unspecified atom stereocenters. The lowest BCUT2D eigenvalue weighted by Crippen LogP contribution is -2.24. The number of rotatable bonds is 2. The SMILES string of the molecule is CC(C)(C)OC(=O)c1cnc(CBr)cn1. The molecule has 15 heavy (non-hydrogen) atoms. The van der Waals surface area contributed by atoms with Crippen molar-refractivity contribution in [3.63, 3.8) is 0 Å². The molecule has 1 aromatic rings. The fourth-order valence-electron chi connectivity index (χ4n) is 0.860. The van der Waals surface area contributed by atoms with Gasteiger partial charge in [0.05, 0.1) is 18.1 Å². The quantitative estimate of drug-likeness (QED) is 0.613. The van der Waals surface area contributed by atoms with Crippen molar-refractivity contribution < 1.29 is 9.53 Å². The van der Waals surface area contributed by atoms with Crippen molar-refractivity contribution in [3.05, 3.63) is 23.8 Å². The van der Waals surface area contributed by atoms with Crippen LogP contribution in [0.15, 0.2) is 12.4 Å². The first kappa shape index (κ1) is 12.1. The van der Waals surface area contributed by atoms with E-state index >= 15 is 0 Å². The summed E-state index contributed by atoms with van der Waals surface area (Å²) >= 11 is 3.25. The second-order valence-electron chi connectivity index (χ2n) is 4.03. The maximum absolute atomic E-state index is 11.5. The summed E-state index contributed by atoms with van der Waals surface area (Å²) in [4.78, 5) is 19.5. The van der Waals surface area contributed by atoms with Crippen molar-refractivity contribution in [2.24, 2.45) is 0 Å². The fraction of sp³-hybridized carbons (Fsp3) is 0.500. The molecule has 5 heteroatoms. The van der Waals surface area contributed by atoms with Crippen LogP contribution in [0.4, 0.5) is 0 Å². The van der Waals surface area contributed by atoms with Gasteiger partial charge >= 0.3 is 5.97 Å². The summed E-state index contributed by atoms with van der Waals surface area (Å²) in [5, 5.41) is 0.620. The summed E-state index contributed by atoms with van der Waals surface area (Å²) in [6.45, 7) is 5.43. The largest absolute Gasteiger partial charge is 0.455 e. The summed E-state index contributed by atoms with van der Waals surface area (Å²) in [7, 11) is 0. The molecule has 1 rings (SSSR count). The first-order chi connectivity index (χ1) is 6.92. The Morgan fingerprint density at radius 3 is 2.47 bits per heavy atom. The molecule has 0 aromatic carbocycles. The Morgan fingerprint density at radius 1 is 1.40 bits per heavy atom. The molecule has 0 bridgehead atoms. The van der Waals surface area contributed by atoms with Crippen molar-refractivity contribution in [2.75, 3.05) is 0 Å². The van der Waals surface area contributed by atoms with Gasteiger partial charge in [0, 0.05) is 5.33 Å². The van der Waals surface area contributed by atoms with Crippen LogP contribution >= 0.6 is 15.9 Å². The molecular weight excluding hydrogens is 260 g/mol. The third-order valence-electron chi connectivity index (χ3n) is 1.45. The minimum absolute atomic E-state index is 0.231. The number of alkyl halides is 1. The molecule has 4 nitrogen and oxygen atoms in total. The van der Waals surface area contributed by atoms with E-state index in [1.807, 2.05) is 20.8 Å². The average Bonchev–Trinajstić information content (AvgIpc) is 2.15. The number of hydrogen-bond acceptors (Lipinski definition) is 4. The molecular formula is C10H13BrN2O2. The van der Waals surface area contributed by atoms with E-state index in [9.17, 15) is 4.79 Å². The van der Waals surface area contributed by atoms with Crippen LogP contribution in [0.1, 0.15) is 37.0 Å². The number of ether oxygens (including phenoxy) is 1. The Balaban J connectivity index is 2.75. The van der Waals surface area contributed by atoms with Crippen LogP contribution in [0.2, 0.25) is 0 Å². The number of aromatic nitrogens is 2.